The van der Waals surface area contributed by atoms with Gasteiger partial charge in [0, 0.05) is 63.8 Å². The highest BCUT2D eigenvalue weighted by Crippen LogP contribution is 2.46. The van der Waals surface area contributed by atoms with Gasteiger partial charge < -0.3 is 9.84 Å². The number of fused-ring (bicyclic) bond motifs is 2. The van der Waals surface area contributed by atoms with Crippen molar-refractivity contribution in [2.24, 2.45) is 5.41 Å². The van der Waals surface area contributed by atoms with E-state index in [0.29, 0.717) is 81.6 Å². The summed E-state index contributed by atoms with van der Waals surface area (Å²) in [5.41, 5.74) is 2.61. The number of halogens is 6. The molecule has 4 aromatic rings. The molecule has 2 saturated heterocycles. The van der Waals surface area contributed by atoms with Gasteiger partial charge >= 0.3 is 12.1 Å². The highest BCUT2D eigenvalue weighted by molar-refractivity contribution is 7.18. The third-order valence-electron chi connectivity index (χ3n) is 10.4. The molecule has 3 aromatic heterocycles. The fourth-order valence-electron chi connectivity index (χ4n) is 8.40. The molecular weight excluding hydrogens is 729 g/mol. The standard InChI is InChI=1S/C36H37ClF5N5O4S/c1-20-11-25(31-30(43-20)27(14-52-31)33(49)50)24-12-22(37)3-6-29(24)51-10-9-47-21(2)44-28-5-4-23(13-26(28)32(47)48)46-8-7-34(17-46)15-35(38,39)18-45(16-34)19-36(40,41)42/h3,6,11-12,14,23H,4-5,7-10,13,15-19H2,1-2H3,(H,49,50)/t23-,34?/m1/s1. The van der Waals surface area contributed by atoms with Crippen LogP contribution in [0.3, 0.4) is 0 Å². The zero-order valence-electron chi connectivity index (χ0n) is 28.5. The van der Waals surface area contributed by atoms with Gasteiger partial charge in [0.25, 0.3) is 11.5 Å². The van der Waals surface area contributed by atoms with Crippen LogP contribution in [-0.4, -0.2) is 92.9 Å². The molecule has 1 unspecified atom stereocenters. The number of aromatic nitrogens is 3. The van der Waals surface area contributed by atoms with Crippen LogP contribution in [0.1, 0.15) is 52.4 Å². The number of carboxylic acids is 1. The Kier molecular flexibility index (Phi) is 9.62. The zero-order valence-corrected chi connectivity index (χ0v) is 30.1. The van der Waals surface area contributed by atoms with Gasteiger partial charge in [0.05, 0.1) is 41.1 Å². The highest BCUT2D eigenvalue weighted by atomic mass is 35.5. The van der Waals surface area contributed by atoms with Gasteiger partial charge in [-0.25, -0.2) is 18.6 Å². The van der Waals surface area contributed by atoms with Crippen molar-refractivity contribution in [3.8, 4) is 16.9 Å². The molecule has 0 saturated carbocycles. The smallest absolute Gasteiger partial charge is 0.401 e. The normalized spacial score (nSPS) is 22.3. The number of ether oxygens (including phenoxy) is 1. The van der Waals surface area contributed by atoms with Crippen molar-refractivity contribution >= 4 is 39.1 Å². The summed E-state index contributed by atoms with van der Waals surface area (Å²) < 4.78 is 77.5. The molecule has 7 rings (SSSR count). The first-order chi connectivity index (χ1) is 24.5. The minimum atomic E-state index is -4.56. The van der Waals surface area contributed by atoms with Crippen LogP contribution in [0.5, 0.6) is 5.75 Å². The Morgan fingerprint density at radius 3 is 2.67 bits per heavy atom. The van der Waals surface area contributed by atoms with Gasteiger partial charge in [-0.15, -0.1) is 11.3 Å². The summed E-state index contributed by atoms with van der Waals surface area (Å²) in [6.45, 7) is 2.28. The van der Waals surface area contributed by atoms with E-state index in [1.54, 1.807) is 42.0 Å². The topological polar surface area (TPSA) is 101 Å². The summed E-state index contributed by atoms with van der Waals surface area (Å²) in [7, 11) is 0. The molecule has 0 amide bonds. The van der Waals surface area contributed by atoms with Crippen LogP contribution in [0, 0.1) is 19.3 Å². The molecule has 2 aliphatic heterocycles. The van der Waals surface area contributed by atoms with Crippen molar-refractivity contribution in [3.63, 3.8) is 0 Å². The van der Waals surface area contributed by atoms with E-state index in [-0.39, 0.29) is 43.4 Å². The van der Waals surface area contributed by atoms with Crippen molar-refractivity contribution < 1.29 is 36.6 Å². The summed E-state index contributed by atoms with van der Waals surface area (Å²) >= 11 is 7.67. The Balaban J connectivity index is 1.07. The number of hydrogen-bond donors (Lipinski definition) is 1. The van der Waals surface area contributed by atoms with E-state index in [1.165, 1.54) is 11.3 Å². The molecule has 278 valence electrons. The average molecular weight is 766 g/mol. The lowest BCUT2D eigenvalue weighted by Gasteiger charge is -2.45. The number of hydrogen-bond acceptors (Lipinski definition) is 8. The molecular formula is C36H37ClF5N5O4S. The van der Waals surface area contributed by atoms with Crippen molar-refractivity contribution in [3.05, 3.63) is 73.4 Å². The minimum absolute atomic E-state index is 0.0346. The summed E-state index contributed by atoms with van der Waals surface area (Å²) in [6, 6.07) is 6.89. The second-order valence-corrected chi connectivity index (χ2v) is 15.7. The van der Waals surface area contributed by atoms with Gasteiger partial charge in [-0.1, -0.05) is 11.6 Å². The predicted molar refractivity (Wildman–Crippen MR) is 187 cm³/mol. The molecule has 3 aliphatic rings. The number of carbonyl (C=O) groups is 1. The SMILES string of the molecule is Cc1cc(-c2cc(Cl)ccc2OCCn2c(C)nc3c(c2=O)C[C@H](N2CCC4(CN(CC(F)(F)F)CC(F)(F)C4)C2)CC3)c2scc(C(=O)O)c2n1. The van der Waals surface area contributed by atoms with E-state index in [0.717, 1.165) is 10.5 Å². The second kappa shape index (κ2) is 13.6. The molecule has 52 heavy (non-hydrogen) atoms. The van der Waals surface area contributed by atoms with Crippen LogP contribution in [0.4, 0.5) is 22.0 Å². The van der Waals surface area contributed by atoms with Crippen LogP contribution < -0.4 is 10.3 Å². The third-order valence-corrected chi connectivity index (χ3v) is 11.7. The van der Waals surface area contributed by atoms with Gasteiger partial charge in [-0.2, -0.15) is 13.2 Å². The first kappa shape index (κ1) is 36.7. The molecule has 1 aromatic carbocycles. The lowest BCUT2D eigenvalue weighted by molar-refractivity contribution is -0.178. The lowest BCUT2D eigenvalue weighted by Crippen LogP contribution is -2.56. The summed E-state index contributed by atoms with van der Waals surface area (Å²) in [6.07, 6.45) is -3.05. The summed E-state index contributed by atoms with van der Waals surface area (Å²) in [4.78, 5) is 37.9. The van der Waals surface area contributed by atoms with E-state index < -0.39 is 43.0 Å². The monoisotopic (exact) mass is 765 g/mol. The number of thiophene rings is 1. The van der Waals surface area contributed by atoms with Gasteiger partial charge in [0.1, 0.15) is 18.2 Å². The van der Waals surface area contributed by atoms with Gasteiger partial charge in [0.2, 0.25) is 0 Å². The zero-order chi connectivity index (χ0) is 37.2. The van der Waals surface area contributed by atoms with Gasteiger partial charge in [-0.05, 0) is 70.3 Å². The molecule has 5 heterocycles. The summed E-state index contributed by atoms with van der Waals surface area (Å²) in [5.74, 6) is -3.26. The van der Waals surface area contributed by atoms with E-state index in [2.05, 4.69) is 9.88 Å². The van der Waals surface area contributed by atoms with E-state index in [1.807, 2.05) is 6.07 Å². The fourth-order valence-corrected chi connectivity index (χ4v) is 9.58. The molecule has 2 atom stereocenters. The van der Waals surface area contributed by atoms with Gasteiger partial charge in [0.15, 0.2) is 0 Å². The quantitative estimate of drug-likeness (QED) is 0.191. The Morgan fingerprint density at radius 1 is 1.13 bits per heavy atom. The first-order valence-electron chi connectivity index (χ1n) is 17.0. The maximum Gasteiger partial charge on any atom is 0.401 e. The number of pyridine rings is 1. The van der Waals surface area contributed by atoms with Crippen molar-refractivity contribution in [2.45, 2.75) is 70.6 Å². The maximum absolute atomic E-state index is 14.8. The maximum atomic E-state index is 14.8. The predicted octanol–water partition coefficient (Wildman–Crippen LogP) is 7.02. The van der Waals surface area contributed by atoms with Crippen molar-refractivity contribution in [2.75, 3.05) is 39.3 Å². The van der Waals surface area contributed by atoms with Crippen molar-refractivity contribution in [1.29, 1.82) is 0 Å². The van der Waals surface area contributed by atoms with Crippen LogP contribution in [-0.2, 0) is 19.4 Å². The number of carboxylic acid groups (broad SMARTS) is 1. The number of piperidine rings is 1. The molecule has 0 radical (unpaired) electrons. The second-order valence-electron chi connectivity index (χ2n) is 14.4. The number of aryl methyl sites for hydroxylation is 3. The molecule has 1 spiro atoms. The number of nitrogens with zero attached hydrogens (tertiary/aromatic N) is 5. The number of alkyl halides is 5. The minimum Gasteiger partial charge on any atom is -0.491 e. The van der Waals surface area contributed by atoms with E-state index >= 15 is 0 Å². The lowest BCUT2D eigenvalue weighted by atomic mass is 9.77. The number of rotatable bonds is 8. The Hall–Kier alpha value is -3.66. The van der Waals surface area contributed by atoms with Gasteiger partial charge in [-0.3, -0.25) is 24.1 Å². The van der Waals surface area contributed by atoms with E-state index in [4.69, 9.17) is 21.3 Å². The third kappa shape index (κ3) is 7.42. The number of benzene rings is 1. The molecule has 16 heteroatoms. The molecule has 2 fully saturated rings. The highest BCUT2D eigenvalue weighted by Gasteiger charge is 2.53. The summed E-state index contributed by atoms with van der Waals surface area (Å²) in [5, 5.41) is 11.7. The Morgan fingerprint density at radius 2 is 1.92 bits per heavy atom. The molecule has 0 bridgehead atoms. The Labute approximate surface area is 305 Å². The average Bonchev–Trinajstić information content (AvgIpc) is 3.65. The van der Waals surface area contributed by atoms with Crippen LogP contribution in [0.2, 0.25) is 5.02 Å². The largest absolute Gasteiger partial charge is 0.491 e. The Bertz CT molecular complexity index is 2100. The fraction of sp³-hybridized carbons (Fsp3) is 0.500. The van der Waals surface area contributed by atoms with Crippen LogP contribution >= 0.6 is 22.9 Å². The van der Waals surface area contributed by atoms with Crippen LogP contribution in [0.15, 0.2) is 34.4 Å². The molecule has 1 aliphatic carbocycles. The van der Waals surface area contributed by atoms with E-state index in [9.17, 15) is 36.6 Å². The van der Waals surface area contributed by atoms with Crippen LogP contribution in [0.25, 0.3) is 21.3 Å². The van der Waals surface area contributed by atoms with Crippen molar-refractivity contribution in [1.82, 2.24) is 24.3 Å². The number of aromatic carboxylic acids is 1. The number of likely N-dealkylation sites (tertiary alicyclic amines) is 2. The molecule has 9 nitrogen and oxygen atoms in total. The first-order valence-corrected chi connectivity index (χ1v) is 18.3. The molecule has 1 N–H and O–H groups in total.